The molecule has 0 aliphatic carbocycles. The van der Waals surface area contributed by atoms with Crippen LogP contribution in [0.25, 0.3) is 0 Å². The number of benzene rings is 2. The van der Waals surface area contributed by atoms with Crippen molar-refractivity contribution in [1.29, 1.82) is 0 Å². The van der Waals surface area contributed by atoms with E-state index >= 15 is 0 Å². The fourth-order valence-corrected chi connectivity index (χ4v) is 2.39. The predicted molar refractivity (Wildman–Crippen MR) is 96.0 cm³/mol. The van der Waals surface area contributed by atoms with Crippen LogP contribution >= 0.6 is 0 Å². The van der Waals surface area contributed by atoms with E-state index in [2.05, 4.69) is 5.32 Å². The lowest BCUT2D eigenvalue weighted by molar-refractivity contribution is -0.146. The number of carbonyl (C=O) groups is 3. The first kappa shape index (κ1) is 19.2. The second-order valence-corrected chi connectivity index (χ2v) is 5.70. The monoisotopic (exact) mass is 355 g/mol. The van der Waals surface area contributed by atoms with Crippen molar-refractivity contribution in [3.8, 4) is 5.75 Å². The number of ketones is 1. The summed E-state index contributed by atoms with van der Waals surface area (Å²) in [7, 11) is 1.54. The lowest BCUT2D eigenvalue weighted by Crippen LogP contribution is -2.42. The van der Waals surface area contributed by atoms with Crippen LogP contribution in [0.3, 0.4) is 0 Å². The van der Waals surface area contributed by atoms with Crippen molar-refractivity contribution in [2.75, 3.05) is 13.7 Å². The molecule has 0 radical (unpaired) electrons. The van der Waals surface area contributed by atoms with Gasteiger partial charge >= 0.3 is 5.97 Å². The average molecular weight is 355 g/mol. The zero-order valence-corrected chi connectivity index (χ0v) is 14.7. The molecule has 6 heteroatoms. The third-order valence-corrected chi connectivity index (χ3v) is 3.70. The standard InChI is InChI=1S/C20H21NO5/c1-14(22)21-18(12-15-6-4-3-5-7-15)20(24)26-13-19(23)16-8-10-17(25-2)11-9-16/h3-11,18H,12-13H2,1-2H3,(H,21,22)/t18-/m1/s1. The molecule has 1 amide bonds. The maximum absolute atomic E-state index is 12.3. The molecule has 136 valence electrons. The molecule has 0 spiro atoms. The minimum atomic E-state index is -0.849. The van der Waals surface area contributed by atoms with Gasteiger partial charge in [-0.3, -0.25) is 9.59 Å². The van der Waals surface area contributed by atoms with Crippen LogP contribution in [0.15, 0.2) is 54.6 Å². The smallest absolute Gasteiger partial charge is 0.329 e. The Hall–Kier alpha value is -3.15. The molecule has 0 aromatic heterocycles. The Labute approximate surface area is 152 Å². The largest absolute Gasteiger partial charge is 0.497 e. The molecular formula is C20H21NO5. The quantitative estimate of drug-likeness (QED) is 0.580. The summed E-state index contributed by atoms with van der Waals surface area (Å²) in [6.45, 7) is 0.934. The van der Waals surface area contributed by atoms with E-state index in [0.717, 1.165) is 5.56 Å². The Morgan fingerprint density at radius 2 is 1.65 bits per heavy atom. The van der Waals surface area contributed by atoms with Gasteiger partial charge in [-0.1, -0.05) is 30.3 Å². The number of rotatable bonds is 8. The highest BCUT2D eigenvalue weighted by Crippen LogP contribution is 2.12. The molecule has 0 bridgehead atoms. The number of Topliss-reactive ketones (excluding diaryl/α,β-unsaturated/α-hetero) is 1. The lowest BCUT2D eigenvalue weighted by atomic mass is 10.1. The molecule has 26 heavy (non-hydrogen) atoms. The number of carbonyl (C=O) groups excluding carboxylic acids is 3. The third-order valence-electron chi connectivity index (χ3n) is 3.70. The fraction of sp³-hybridized carbons (Fsp3) is 0.250. The average Bonchev–Trinajstić information content (AvgIpc) is 2.66. The number of ether oxygens (including phenoxy) is 2. The van der Waals surface area contributed by atoms with E-state index < -0.39 is 18.6 Å². The van der Waals surface area contributed by atoms with Crippen LogP contribution in [0.5, 0.6) is 5.75 Å². The minimum Gasteiger partial charge on any atom is -0.497 e. The summed E-state index contributed by atoms with van der Waals surface area (Å²) in [6, 6.07) is 14.9. The summed E-state index contributed by atoms with van der Waals surface area (Å²) in [5, 5.41) is 2.57. The van der Waals surface area contributed by atoms with Gasteiger partial charge in [0, 0.05) is 18.9 Å². The highest BCUT2D eigenvalue weighted by atomic mass is 16.5. The summed E-state index contributed by atoms with van der Waals surface area (Å²) < 4.78 is 10.2. The van der Waals surface area contributed by atoms with Gasteiger partial charge in [0.05, 0.1) is 7.11 Å². The molecule has 0 saturated carbocycles. The van der Waals surface area contributed by atoms with Crippen molar-refractivity contribution < 1.29 is 23.9 Å². The van der Waals surface area contributed by atoms with Gasteiger partial charge in [-0.15, -0.1) is 0 Å². The second-order valence-electron chi connectivity index (χ2n) is 5.70. The molecule has 2 aromatic rings. The molecular weight excluding hydrogens is 334 g/mol. The number of methoxy groups -OCH3 is 1. The maximum atomic E-state index is 12.3. The van der Waals surface area contributed by atoms with Crippen molar-refractivity contribution in [1.82, 2.24) is 5.32 Å². The molecule has 6 nitrogen and oxygen atoms in total. The van der Waals surface area contributed by atoms with Crippen molar-refractivity contribution in [3.63, 3.8) is 0 Å². The van der Waals surface area contributed by atoms with E-state index in [1.807, 2.05) is 30.3 Å². The zero-order chi connectivity index (χ0) is 18.9. The van der Waals surface area contributed by atoms with Crippen molar-refractivity contribution in [2.45, 2.75) is 19.4 Å². The highest BCUT2D eigenvalue weighted by Gasteiger charge is 2.22. The summed E-state index contributed by atoms with van der Waals surface area (Å²) in [5.41, 5.74) is 1.29. The molecule has 2 aromatic carbocycles. The van der Waals surface area contributed by atoms with Crippen LogP contribution in [-0.2, 0) is 20.7 Å². The topological polar surface area (TPSA) is 81.7 Å². The summed E-state index contributed by atoms with van der Waals surface area (Å²) in [5.74, 6) is -0.690. The van der Waals surface area contributed by atoms with Crippen LogP contribution in [-0.4, -0.2) is 37.4 Å². The van der Waals surface area contributed by atoms with Gasteiger partial charge in [0.1, 0.15) is 11.8 Å². The van der Waals surface area contributed by atoms with Gasteiger partial charge in [0.2, 0.25) is 5.91 Å². The fourth-order valence-electron chi connectivity index (χ4n) is 2.39. The number of hydrogen-bond donors (Lipinski definition) is 1. The Morgan fingerprint density at radius 3 is 2.23 bits per heavy atom. The maximum Gasteiger partial charge on any atom is 0.329 e. The molecule has 0 aliphatic rings. The van der Waals surface area contributed by atoms with Gasteiger partial charge in [-0.2, -0.15) is 0 Å². The van der Waals surface area contributed by atoms with Gasteiger partial charge < -0.3 is 14.8 Å². The van der Waals surface area contributed by atoms with E-state index in [1.165, 1.54) is 14.0 Å². The number of esters is 1. The Bertz CT molecular complexity index is 756. The molecule has 0 unspecified atom stereocenters. The van der Waals surface area contributed by atoms with E-state index in [9.17, 15) is 14.4 Å². The van der Waals surface area contributed by atoms with E-state index in [4.69, 9.17) is 9.47 Å². The van der Waals surface area contributed by atoms with Gasteiger partial charge in [-0.25, -0.2) is 4.79 Å². The van der Waals surface area contributed by atoms with Crippen LogP contribution in [0.2, 0.25) is 0 Å². The molecule has 1 atom stereocenters. The zero-order valence-electron chi connectivity index (χ0n) is 14.7. The summed E-state index contributed by atoms with van der Waals surface area (Å²) in [6.07, 6.45) is 0.288. The van der Waals surface area contributed by atoms with Gasteiger partial charge in [-0.05, 0) is 29.8 Å². The highest BCUT2D eigenvalue weighted by molar-refractivity contribution is 5.98. The van der Waals surface area contributed by atoms with Gasteiger partial charge in [0.15, 0.2) is 12.4 Å². The second kappa shape index (κ2) is 9.36. The van der Waals surface area contributed by atoms with Crippen molar-refractivity contribution in [3.05, 3.63) is 65.7 Å². The normalized spacial score (nSPS) is 11.3. The van der Waals surface area contributed by atoms with E-state index in [-0.39, 0.29) is 18.1 Å². The van der Waals surface area contributed by atoms with Crippen molar-refractivity contribution >= 4 is 17.7 Å². The molecule has 1 N–H and O–H groups in total. The van der Waals surface area contributed by atoms with Crippen molar-refractivity contribution in [2.24, 2.45) is 0 Å². The number of amides is 1. The molecule has 2 rings (SSSR count). The van der Waals surface area contributed by atoms with Crippen LogP contribution in [0, 0.1) is 0 Å². The Morgan fingerprint density at radius 1 is 1.00 bits per heavy atom. The number of nitrogens with one attached hydrogen (secondary N) is 1. The SMILES string of the molecule is COc1ccc(C(=O)COC(=O)[C@@H](Cc2ccccc2)NC(C)=O)cc1. The Kier molecular flexibility index (Phi) is 6.91. The van der Waals surface area contributed by atoms with Crippen LogP contribution in [0.4, 0.5) is 0 Å². The predicted octanol–water partition coefficient (Wildman–Crippen LogP) is 2.17. The summed E-state index contributed by atoms with van der Waals surface area (Å²) >= 11 is 0. The van der Waals surface area contributed by atoms with Crippen LogP contribution in [0.1, 0.15) is 22.8 Å². The number of hydrogen-bond acceptors (Lipinski definition) is 5. The van der Waals surface area contributed by atoms with Gasteiger partial charge in [0.25, 0.3) is 0 Å². The van der Waals surface area contributed by atoms with E-state index in [1.54, 1.807) is 24.3 Å². The molecule has 0 fully saturated rings. The molecule has 0 saturated heterocycles. The first-order valence-corrected chi connectivity index (χ1v) is 8.14. The Balaban J connectivity index is 1.96. The summed E-state index contributed by atoms with van der Waals surface area (Å²) in [4.78, 5) is 35.8. The molecule has 0 aliphatic heterocycles. The third kappa shape index (κ3) is 5.73. The van der Waals surface area contributed by atoms with E-state index in [0.29, 0.717) is 11.3 Å². The lowest BCUT2D eigenvalue weighted by Gasteiger charge is -2.16. The first-order valence-electron chi connectivity index (χ1n) is 8.14. The van der Waals surface area contributed by atoms with Crippen LogP contribution < -0.4 is 10.1 Å². The molecule has 0 heterocycles. The first-order chi connectivity index (χ1) is 12.5. The minimum absolute atomic E-state index is 0.288.